The van der Waals surface area contributed by atoms with Crippen molar-refractivity contribution in [1.29, 1.82) is 0 Å². The van der Waals surface area contributed by atoms with Crippen LogP contribution >= 0.6 is 11.9 Å². The number of aliphatic imine (C=N–C) groups is 1. The third-order valence-electron chi connectivity index (χ3n) is 7.32. The van der Waals surface area contributed by atoms with Crippen LogP contribution in [0.15, 0.2) is 52.9 Å². The number of amides is 1. The highest BCUT2D eigenvalue weighted by Gasteiger charge is 2.46. The van der Waals surface area contributed by atoms with Gasteiger partial charge in [0.25, 0.3) is 0 Å². The Kier molecular flexibility index (Phi) is 7.29. The van der Waals surface area contributed by atoms with E-state index in [4.69, 9.17) is 0 Å². The molecule has 0 saturated carbocycles. The van der Waals surface area contributed by atoms with Crippen molar-refractivity contribution in [2.45, 2.75) is 50.2 Å². The van der Waals surface area contributed by atoms with Gasteiger partial charge in [0.05, 0.1) is 30.2 Å². The molecule has 1 amide bonds. The Morgan fingerprint density at radius 3 is 2.58 bits per heavy atom. The van der Waals surface area contributed by atoms with Gasteiger partial charge in [0.15, 0.2) is 6.23 Å². The summed E-state index contributed by atoms with van der Waals surface area (Å²) in [4.78, 5) is 17.9. The van der Waals surface area contributed by atoms with Gasteiger partial charge in [-0.25, -0.2) is 9.30 Å². The minimum Gasteiger partial charge on any atom is -0.391 e. The molecule has 202 valence electrons. The standard InChI is InChI=1S/C27H29F3N4O3S/c1-17-13-21(34-16-22(35)15-23(34)36)6-5-18(17)7-12-38-33-10-8-26(9-11-33)25(37)31-24(32-26)19-3-2-4-20(14-19)27(28,29)30/h2-7,12-14,22,25,35,37H,8-11,15-16H2,1H3,(H,31,32)/b12-7+. The highest BCUT2D eigenvalue weighted by molar-refractivity contribution is 8.00. The van der Waals surface area contributed by atoms with E-state index < -0.39 is 29.6 Å². The first-order chi connectivity index (χ1) is 18.0. The summed E-state index contributed by atoms with van der Waals surface area (Å²) in [7, 11) is 0. The third-order valence-corrected chi connectivity index (χ3v) is 8.24. The lowest BCUT2D eigenvalue weighted by molar-refractivity contribution is -0.137. The molecule has 7 nitrogen and oxygen atoms in total. The predicted octanol–water partition coefficient (Wildman–Crippen LogP) is 3.93. The molecule has 0 aliphatic carbocycles. The average molecular weight is 547 g/mol. The number of piperidine rings is 1. The van der Waals surface area contributed by atoms with Crippen LogP contribution in [0.1, 0.15) is 41.5 Å². The molecule has 38 heavy (non-hydrogen) atoms. The zero-order valence-electron chi connectivity index (χ0n) is 20.8. The van der Waals surface area contributed by atoms with Gasteiger partial charge in [0.1, 0.15) is 5.84 Å². The van der Waals surface area contributed by atoms with E-state index in [9.17, 15) is 28.2 Å². The molecule has 1 spiro atoms. The molecule has 11 heteroatoms. The van der Waals surface area contributed by atoms with Gasteiger partial charge in [-0.1, -0.05) is 30.1 Å². The fourth-order valence-electron chi connectivity index (χ4n) is 5.08. The number of hydrogen-bond donors (Lipinski definition) is 3. The van der Waals surface area contributed by atoms with E-state index in [1.54, 1.807) is 22.9 Å². The molecule has 2 aromatic rings. The van der Waals surface area contributed by atoms with Crippen LogP contribution < -0.4 is 10.2 Å². The van der Waals surface area contributed by atoms with Crippen LogP contribution in [0.3, 0.4) is 0 Å². The summed E-state index contributed by atoms with van der Waals surface area (Å²) < 4.78 is 41.5. The van der Waals surface area contributed by atoms with Crippen molar-refractivity contribution in [2.24, 2.45) is 4.99 Å². The van der Waals surface area contributed by atoms with E-state index in [1.165, 1.54) is 6.07 Å². The van der Waals surface area contributed by atoms with Gasteiger partial charge in [-0.05, 0) is 66.6 Å². The first-order valence-electron chi connectivity index (χ1n) is 12.4. The number of halogens is 3. The van der Waals surface area contributed by atoms with Crippen molar-refractivity contribution in [3.63, 3.8) is 0 Å². The number of benzene rings is 2. The Morgan fingerprint density at radius 2 is 1.92 bits per heavy atom. The SMILES string of the molecule is Cc1cc(N2CC(O)CC2=O)ccc1/C=C/SN1CCC2(CC1)NC(c1cccc(C(F)(F)F)c1)=NC2O. The second kappa shape index (κ2) is 10.4. The molecule has 3 aliphatic rings. The van der Waals surface area contributed by atoms with Crippen molar-refractivity contribution >= 4 is 35.5 Å². The molecule has 2 unspecified atom stereocenters. The first-order valence-corrected chi connectivity index (χ1v) is 13.3. The molecule has 2 fully saturated rings. The smallest absolute Gasteiger partial charge is 0.391 e. The minimum atomic E-state index is -4.45. The summed E-state index contributed by atoms with van der Waals surface area (Å²) in [6, 6.07) is 10.8. The number of aliphatic hydroxyl groups is 2. The van der Waals surface area contributed by atoms with Crippen molar-refractivity contribution < 1.29 is 28.2 Å². The molecule has 3 N–H and O–H groups in total. The number of carbonyl (C=O) groups excluding carboxylic acids is 1. The van der Waals surface area contributed by atoms with Gasteiger partial charge >= 0.3 is 6.18 Å². The van der Waals surface area contributed by atoms with Crippen molar-refractivity contribution in [3.05, 3.63) is 70.1 Å². The summed E-state index contributed by atoms with van der Waals surface area (Å²) in [5.74, 6) is 0.210. The second-order valence-electron chi connectivity index (χ2n) is 9.95. The Labute approximate surface area is 223 Å². The maximum atomic E-state index is 13.1. The maximum Gasteiger partial charge on any atom is 0.416 e. The highest BCUT2D eigenvalue weighted by atomic mass is 32.2. The Morgan fingerprint density at radius 1 is 1.16 bits per heavy atom. The molecule has 0 aromatic heterocycles. The van der Waals surface area contributed by atoms with E-state index in [0.717, 1.165) is 28.9 Å². The molecule has 2 atom stereocenters. The van der Waals surface area contributed by atoms with E-state index in [-0.39, 0.29) is 18.2 Å². The molecule has 2 saturated heterocycles. The number of aryl methyl sites for hydroxylation is 1. The van der Waals surface area contributed by atoms with Crippen molar-refractivity contribution in [3.8, 4) is 0 Å². The Hall–Kier alpha value is -2.86. The van der Waals surface area contributed by atoms with Crippen LogP contribution in [0.25, 0.3) is 6.08 Å². The summed E-state index contributed by atoms with van der Waals surface area (Å²) >= 11 is 1.56. The highest BCUT2D eigenvalue weighted by Crippen LogP contribution is 2.35. The monoisotopic (exact) mass is 546 g/mol. The van der Waals surface area contributed by atoms with Crippen LogP contribution in [0.4, 0.5) is 18.9 Å². The Balaban J connectivity index is 1.16. The zero-order valence-corrected chi connectivity index (χ0v) is 21.6. The Bertz CT molecular complexity index is 1270. The molecule has 0 bridgehead atoms. The van der Waals surface area contributed by atoms with E-state index in [1.807, 2.05) is 36.6 Å². The summed E-state index contributed by atoms with van der Waals surface area (Å²) in [5, 5.41) is 25.6. The number of alkyl halides is 3. The van der Waals surface area contributed by atoms with Crippen LogP contribution in [0.2, 0.25) is 0 Å². The topological polar surface area (TPSA) is 88.4 Å². The van der Waals surface area contributed by atoms with Crippen LogP contribution in [-0.4, -0.2) is 63.8 Å². The zero-order chi connectivity index (χ0) is 27.1. The normalized spacial score (nSPS) is 23.9. The quantitative estimate of drug-likeness (QED) is 0.493. The lowest BCUT2D eigenvalue weighted by Crippen LogP contribution is -2.56. The number of hydrogen-bond acceptors (Lipinski definition) is 7. The van der Waals surface area contributed by atoms with Gasteiger partial charge in [-0.15, -0.1) is 0 Å². The molecule has 5 rings (SSSR count). The number of amidine groups is 1. The van der Waals surface area contributed by atoms with Crippen LogP contribution in [-0.2, 0) is 11.0 Å². The lowest BCUT2D eigenvalue weighted by Gasteiger charge is -2.40. The third kappa shape index (κ3) is 5.47. The number of nitrogens with zero attached hydrogens (tertiary/aromatic N) is 3. The number of anilines is 1. The first kappa shape index (κ1) is 26.7. The molecule has 3 heterocycles. The number of rotatable bonds is 5. The van der Waals surface area contributed by atoms with Gasteiger partial charge < -0.3 is 20.4 Å². The van der Waals surface area contributed by atoms with Crippen LogP contribution in [0.5, 0.6) is 0 Å². The van der Waals surface area contributed by atoms with E-state index >= 15 is 0 Å². The number of nitrogens with one attached hydrogen (secondary N) is 1. The number of β-amino-alcohol motifs (C(OH)–C–C–N with tert-alkyl or cyclic N) is 1. The van der Waals surface area contributed by atoms with E-state index in [2.05, 4.69) is 14.6 Å². The van der Waals surface area contributed by atoms with Crippen LogP contribution in [0, 0.1) is 6.92 Å². The molecule has 0 radical (unpaired) electrons. The van der Waals surface area contributed by atoms with E-state index in [0.29, 0.717) is 38.0 Å². The summed E-state index contributed by atoms with van der Waals surface area (Å²) in [6.45, 7) is 3.63. The van der Waals surface area contributed by atoms with Gasteiger partial charge in [-0.2, -0.15) is 13.2 Å². The van der Waals surface area contributed by atoms with Gasteiger partial charge in [0.2, 0.25) is 5.91 Å². The second-order valence-corrected chi connectivity index (χ2v) is 11.0. The molecular formula is C27H29F3N4O3S. The average Bonchev–Trinajstić information content (AvgIpc) is 3.38. The fraction of sp³-hybridized carbons (Fsp3) is 0.407. The van der Waals surface area contributed by atoms with Gasteiger partial charge in [-0.3, -0.25) is 4.79 Å². The number of aliphatic hydroxyl groups excluding tert-OH is 2. The van der Waals surface area contributed by atoms with Gasteiger partial charge in [0, 0.05) is 24.3 Å². The molecule has 3 aliphatic heterocycles. The fourth-order valence-corrected chi connectivity index (χ4v) is 5.86. The predicted molar refractivity (Wildman–Crippen MR) is 141 cm³/mol. The minimum absolute atomic E-state index is 0.0761. The summed E-state index contributed by atoms with van der Waals surface area (Å²) in [6.07, 6.45) is -2.76. The van der Waals surface area contributed by atoms with Crippen molar-refractivity contribution in [2.75, 3.05) is 24.5 Å². The molecule has 2 aromatic carbocycles. The lowest BCUT2D eigenvalue weighted by atomic mass is 9.87. The number of carbonyl (C=O) groups is 1. The largest absolute Gasteiger partial charge is 0.416 e. The van der Waals surface area contributed by atoms with Crippen molar-refractivity contribution in [1.82, 2.24) is 9.62 Å². The molecular weight excluding hydrogens is 517 g/mol. The maximum absolute atomic E-state index is 13.1. The summed E-state index contributed by atoms with van der Waals surface area (Å²) in [5.41, 5.74) is 1.68.